The van der Waals surface area contributed by atoms with Gasteiger partial charge in [0, 0.05) is 26.0 Å². The smallest absolute Gasteiger partial charge is 0.266 e. The Hall–Kier alpha value is -1.85. The van der Waals surface area contributed by atoms with E-state index in [2.05, 4.69) is 17.0 Å². The van der Waals surface area contributed by atoms with E-state index in [0.717, 1.165) is 12.1 Å². The fraction of sp³-hybridized carbons (Fsp3) is 0.125. The first-order valence-corrected chi connectivity index (χ1v) is 7.78. The Kier molecular flexibility index (Phi) is 3.94. The van der Waals surface area contributed by atoms with Gasteiger partial charge in [0.15, 0.2) is 0 Å². The van der Waals surface area contributed by atoms with Crippen LogP contribution in [0.2, 0.25) is 0 Å². The molecule has 0 atom stereocenters. The van der Waals surface area contributed by atoms with Crippen LogP contribution in [0, 0.1) is 0 Å². The predicted octanol–water partition coefficient (Wildman–Crippen LogP) is 3.27. The van der Waals surface area contributed by atoms with Gasteiger partial charge in [-0.05, 0) is 23.3 Å². The van der Waals surface area contributed by atoms with Crippen molar-refractivity contribution in [2.45, 2.75) is 6.54 Å². The van der Waals surface area contributed by atoms with E-state index in [1.165, 1.54) is 22.2 Å². The molecule has 2 aliphatic rings. The summed E-state index contributed by atoms with van der Waals surface area (Å²) in [5.74, 6) is -0.0224. The van der Waals surface area contributed by atoms with Crippen molar-refractivity contribution in [1.29, 1.82) is 0 Å². The van der Waals surface area contributed by atoms with Crippen LogP contribution in [0.4, 0.5) is 0 Å². The molecule has 21 heavy (non-hydrogen) atoms. The largest absolute Gasteiger partial charge is 0.350 e. The minimum Gasteiger partial charge on any atom is -0.350 e. The van der Waals surface area contributed by atoms with E-state index in [1.54, 1.807) is 7.05 Å². The molecule has 0 N–H and O–H groups in total. The van der Waals surface area contributed by atoms with Gasteiger partial charge < -0.3 is 4.90 Å². The molecule has 2 heterocycles. The van der Waals surface area contributed by atoms with Crippen molar-refractivity contribution in [3.05, 3.63) is 70.9 Å². The zero-order chi connectivity index (χ0) is 14.8. The molecular formula is C16H14N2OS2. The van der Waals surface area contributed by atoms with Crippen molar-refractivity contribution in [2.75, 3.05) is 7.05 Å². The summed E-state index contributed by atoms with van der Waals surface area (Å²) in [6.45, 7) is 0.815. The van der Waals surface area contributed by atoms with E-state index in [0.29, 0.717) is 9.23 Å². The molecule has 0 aliphatic carbocycles. The van der Waals surface area contributed by atoms with Crippen LogP contribution in [-0.2, 0) is 11.3 Å². The molecule has 1 aromatic carbocycles. The van der Waals surface area contributed by atoms with E-state index < -0.39 is 0 Å². The topological polar surface area (TPSA) is 23.6 Å². The highest BCUT2D eigenvalue weighted by molar-refractivity contribution is 8.26. The van der Waals surface area contributed by atoms with Crippen LogP contribution in [0.3, 0.4) is 0 Å². The summed E-state index contributed by atoms with van der Waals surface area (Å²) < 4.78 is 0.607. The second kappa shape index (κ2) is 5.87. The normalized spacial score (nSPS) is 18.1. The summed E-state index contributed by atoms with van der Waals surface area (Å²) >= 11 is 6.51. The zero-order valence-corrected chi connectivity index (χ0v) is 13.2. The molecule has 1 saturated heterocycles. The van der Waals surface area contributed by atoms with Crippen LogP contribution < -0.4 is 0 Å². The number of allylic oxidation sites excluding steroid dienone is 3. The lowest BCUT2D eigenvalue weighted by Gasteiger charge is -2.19. The van der Waals surface area contributed by atoms with Crippen molar-refractivity contribution in [2.24, 2.45) is 0 Å². The summed E-state index contributed by atoms with van der Waals surface area (Å²) in [6.07, 6.45) is 7.91. The molecule has 0 saturated carbocycles. The second-order valence-corrected chi connectivity index (χ2v) is 6.45. The maximum atomic E-state index is 12.1. The fourth-order valence-corrected chi connectivity index (χ4v) is 3.33. The molecule has 0 bridgehead atoms. The number of carbonyl (C=O) groups excluding carboxylic acids is 1. The van der Waals surface area contributed by atoms with E-state index in [9.17, 15) is 4.79 Å². The van der Waals surface area contributed by atoms with Gasteiger partial charge in [0.1, 0.15) is 4.32 Å². The number of likely N-dealkylation sites (N-methyl/N-ethyl adjacent to an activating group) is 1. The van der Waals surface area contributed by atoms with Crippen LogP contribution in [-0.4, -0.2) is 27.1 Å². The van der Waals surface area contributed by atoms with Gasteiger partial charge in [-0.3, -0.25) is 9.69 Å². The fourth-order valence-electron chi connectivity index (χ4n) is 2.13. The molecule has 0 spiro atoms. The SMILES string of the molecule is CN1C(=O)C(=C2C=CN(Cc3ccccc3)C=C2)SC1=S. The molecule has 0 radical (unpaired) electrons. The summed E-state index contributed by atoms with van der Waals surface area (Å²) in [4.78, 5) is 16.4. The van der Waals surface area contributed by atoms with E-state index >= 15 is 0 Å². The minimum absolute atomic E-state index is 0.0224. The highest BCUT2D eigenvalue weighted by Gasteiger charge is 2.30. The first-order valence-electron chi connectivity index (χ1n) is 6.55. The van der Waals surface area contributed by atoms with Crippen LogP contribution in [0.1, 0.15) is 5.56 Å². The van der Waals surface area contributed by atoms with Crippen molar-refractivity contribution < 1.29 is 4.79 Å². The monoisotopic (exact) mass is 314 g/mol. The third kappa shape index (κ3) is 2.94. The Bertz CT molecular complexity index is 661. The van der Waals surface area contributed by atoms with Crippen molar-refractivity contribution >= 4 is 34.2 Å². The van der Waals surface area contributed by atoms with Crippen LogP contribution in [0.15, 0.2) is 65.4 Å². The van der Waals surface area contributed by atoms with Crippen LogP contribution >= 0.6 is 24.0 Å². The Balaban J connectivity index is 1.75. The van der Waals surface area contributed by atoms with Gasteiger partial charge >= 0.3 is 0 Å². The molecule has 1 aromatic rings. The Labute approximate surface area is 133 Å². The van der Waals surface area contributed by atoms with Gasteiger partial charge in [-0.15, -0.1) is 0 Å². The first-order chi connectivity index (χ1) is 10.1. The second-order valence-electron chi connectivity index (χ2n) is 4.81. The lowest BCUT2D eigenvalue weighted by molar-refractivity contribution is -0.121. The molecule has 1 fully saturated rings. The van der Waals surface area contributed by atoms with Crippen LogP contribution in [0.25, 0.3) is 0 Å². The minimum atomic E-state index is -0.0224. The molecule has 5 heteroatoms. The number of carbonyl (C=O) groups is 1. The average Bonchev–Trinajstić information content (AvgIpc) is 2.77. The molecule has 0 unspecified atom stereocenters. The molecule has 1 amide bonds. The highest BCUT2D eigenvalue weighted by atomic mass is 32.2. The molecular weight excluding hydrogens is 300 g/mol. The van der Waals surface area contributed by atoms with Crippen molar-refractivity contribution in [3.63, 3.8) is 0 Å². The van der Waals surface area contributed by atoms with Gasteiger partial charge in [-0.2, -0.15) is 0 Å². The summed E-state index contributed by atoms with van der Waals surface area (Å²) in [5.41, 5.74) is 2.16. The number of thiocarbonyl (C=S) groups is 1. The van der Waals surface area contributed by atoms with Gasteiger partial charge in [-0.1, -0.05) is 54.3 Å². The van der Waals surface area contributed by atoms with Crippen LogP contribution in [0.5, 0.6) is 0 Å². The quantitative estimate of drug-likeness (QED) is 0.617. The van der Waals surface area contributed by atoms with Crippen molar-refractivity contribution in [3.8, 4) is 0 Å². The van der Waals surface area contributed by atoms with Gasteiger partial charge in [0.25, 0.3) is 5.91 Å². The van der Waals surface area contributed by atoms with Gasteiger partial charge in [0.2, 0.25) is 0 Å². The first kappa shape index (κ1) is 14.1. The van der Waals surface area contributed by atoms with Crippen molar-refractivity contribution in [1.82, 2.24) is 9.80 Å². The average molecular weight is 314 g/mol. The van der Waals surface area contributed by atoms with Gasteiger partial charge in [-0.25, -0.2) is 0 Å². The standard InChI is InChI=1S/C16H14N2OS2/c1-17-15(19)14(21-16(17)20)13-7-9-18(10-8-13)11-12-5-3-2-4-6-12/h2-10H,11H2,1H3. The zero-order valence-electron chi connectivity index (χ0n) is 11.5. The van der Waals surface area contributed by atoms with E-state index in [-0.39, 0.29) is 5.91 Å². The lowest BCUT2D eigenvalue weighted by Crippen LogP contribution is -2.22. The third-order valence-corrected chi connectivity index (χ3v) is 4.91. The number of hydrogen-bond acceptors (Lipinski definition) is 4. The van der Waals surface area contributed by atoms with Gasteiger partial charge in [0.05, 0.1) is 4.91 Å². The third-order valence-electron chi connectivity index (χ3n) is 3.32. The number of rotatable bonds is 2. The number of hydrogen-bond donors (Lipinski definition) is 0. The number of thioether (sulfide) groups is 1. The molecule has 3 rings (SSSR count). The Morgan fingerprint density at radius 3 is 2.38 bits per heavy atom. The number of nitrogens with zero attached hydrogens (tertiary/aromatic N) is 2. The van der Waals surface area contributed by atoms with E-state index in [4.69, 9.17) is 12.2 Å². The predicted molar refractivity (Wildman–Crippen MR) is 90.3 cm³/mol. The lowest BCUT2D eigenvalue weighted by atomic mass is 10.1. The number of benzene rings is 1. The molecule has 3 nitrogen and oxygen atoms in total. The van der Waals surface area contributed by atoms with E-state index in [1.807, 2.05) is 42.8 Å². The summed E-state index contributed by atoms with van der Waals surface area (Å²) in [5, 5.41) is 0. The Morgan fingerprint density at radius 1 is 1.14 bits per heavy atom. The number of amides is 1. The Morgan fingerprint density at radius 2 is 1.81 bits per heavy atom. The highest BCUT2D eigenvalue weighted by Crippen LogP contribution is 2.34. The summed E-state index contributed by atoms with van der Waals surface area (Å²) in [6, 6.07) is 10.3. The molecule has 0 aromatic heterocycles. The maximum absolute atomic E-state index is 12.1. The molecule has 2 aliphatic heterocycles. The maximum Gasteiger partial charge on any atom is 0.266 e. The summed E-state index contributed by atoms with van der Waals surface area (Å²) in [7, 11) is 1.71. The molecule has 106 valence electrons.